The van der Waals surface area contributed by atoms with Gasteiger partial charge in [0.25, 0.3) is 9.05 Å². The molecule has 21 heavy (non-hydrogen) atoms. The zero-order chi connectivity index (χ0) is 15.6. The fourth-order valence-electron chi connectivity index (χ4n) is 1.87. The molecular formula is C13H14ClFO5S. The van der Waals surface area contributed by atoms with Crippen LogP contribution in [0.5, 0.6) is 5.75 Å². The van der Waals surface area contributed by atoms with E-state index in [4.69, 9.17) is 15.4 Å². The number of benzene rings is 1. The van der Waals surface area contributed by atoms with E-state index in [2.05, 4.69) is 4.74 Å². The third kappa shape index (κ3) is 4.07. The van der Waals surface area contributed by atoms with Crippen LogP contribution in [-0.4, -0.2) is 28.1 Å². The highest BCUT2D eigenvalue weighted by Gasteiger charge is 2.25. The van der Waals surface area contributed by atoms with Crippen molar-refractivity contribution < 1.29 is 27.1 Å². The van der Waals surface area contributed by atoms with Crippen LogP contribution in [0, 0.1) is 11.7 Å². The smallest absolute Gasteiger partial charge is 0.338 e. The Kier molecular flexibility index (Phi) is 4.73. The van der Waals surface area contributed by atoms with Crippen LogP contribution in [0.15, 0.2) is 17.0 Å². The molecule has 1 fully saturated rings. The molecular weight excluding hydrogens is 323 g/mol. The number of carbonyl (C=O) groups excluding carboxylic acids is 1. The van der Waals surface area contributed by atoms with Gasteiger partial charge in [-0.3, -0.25) is 0 Å². The minimum absolute atomic E-state index is 0.219. The van der Waals surface area contributed by atoms with Crippen LogP contribution in [0.25, 0.3) is 0 Å². The van der Waals surface area contributed by atoms with Crippen molar-refractivity contribution in [3.05, 3.63) is 23.5 Å². The first-order valence-corrected chi connectivity index (χ1v) is 8.63. The Balaban J connectivity index is 2.22. The predicted octanol–water partition coefficient (Wildman–Crippen LogP) is 2.72. The van der Waals surface area contributed by atoms with Gasteiger partial charge < -0.3 is 9.47 Å². The highest BCUT2D eigenvalue weighted by molar-refractivity contribution is 8.13. The van der Waals surface area contributed by atoms with Crippen molar-refractivity contribution in [3.8, 4) is 5.75 Å². The Morgan fingerprint density at radius 2 is 2.10 bits per heavy atom. The van der Waals surface area contributed by atoms with Crippen LogP contribution in [0.3, 0.4) is 0 Å². The van der Waals surface area contributed by atoms with Gasteiger partial charge in [-0.25, -0.2) is 17.6 Å². The molecule has 1 aromatic carbocycles. The molecule has 0 saturated heterocycles. The van der Waals surface area contributed by atoms with Crippen LogP contribution < -0.4 is 4.74 Å². The van der Waals surface area contributed by atoms with Crippen molar-refractivity contribution in [2.45, 2.75) is 24.2 Å². The Morgan fingerprint density at radius 3 is 2.62 bits per heavy atom. The molecule has 0 aromatic heterocycles. The van der Waals surface area contributed by atoms with Gasteiger partial charge >= 0.3 is 5.97 Å². The van der Waals surface area contributed by atoms with E-state index in [1.807, 2.05) is 0 Å². The van der Waals surface area contributed by atoms with Gasteiger partial charge in [0, 0.05) is 10.7 Å². The maximum Gasteiger partial charge on any atom is 0.338 e. The zero-order valence-corrected chi connectivity index (χ0v) is 12.8. The number of halogens is 2. The number of carbonyl (C=O) groups is 1. The molecule has 0 radical (unpaired) electrons. The molecule has 0 aliphatic heterocycles. The van der Waals surface area contributed by atoms with Crippen molar-refractivity contribution in [1.29, 1.82) is 0 Å². The molecule has 2 rings (SSSR count). The van der Waals surface area contributed by atoms with E-state index in [0.717, 1.165) is 38.5 Å². The van der Waals surface area contributed by atoms with Gasteiger partial charge in [0.1, 0.15) is 4.90 Å². The third-order valence-corrected chi connectivity index (χ3v) is 4.50. The minimum Gasteiger partial charge on any atom is -0.492 e. The minimum atomic E-state index is -4.25. The van der Waals surface area contributed by atoms with Crippen LogP contribution in [-0.2, 0) is 13.8 Å². The molecule has 0 spiro atoms. The lowest BCUT2D eigenvalue weighted by Crippen LogP contribution is -2.09. The molecule has 5 nitrogen and oxygen atoms in total. The molecule has 0 N–H and O–H groups in total. The van der Waals surface area contributed by atoms with E-state index < -0.39 is 31.5 Å². The zero-order valence-electron chi connectivity index (χ0n) is 11.3. The SMILES string of the molecule is COc1c(F)cc(C(=O)OCCC2CC2)cc1S(=O)(=O)Cl. The van der Waals surface area contributed by atoms with Crippen molar-refractivity contribution in [2.75, 3.05) is 13.7 Å². The quantitative estimate of drug-likeness (QED) is 0.590. The van der Waals surface area contributed by atoms with Gasteiger partial charge in [0.15, 0.2) is 11.6 Å². The third-order valence-electron chi connectivity index (χ3n) is 3.17. The number of hydrogen-bond acceptors (Lipinski definition) is 5. The monoisotopic (exact) mass is 336 g/mol. The highest BCUT2D eigenvalue weighted by atomic mass is 35.7. The van der Waals surface area contributed by atoms with Crippen LogP contribution in [0.2, 0.25) is 0 Å². The fourth-order valence-corrected chi connectivity index (χ4v) is 2.89. The van der Waals surface area contributed by atoms with E-state index in [9.17, 15) is 17.6 Å². The van der Waals surface area contributed by atoms with E-state index in [1.165, 1.54) is 0 Å². The van der Waals surface area contributed by atoms with Crippen molar-refractivity contribution in [2.24, 2.45) is 5.92 Å². The number of rotatable bonds is 6. The summed E-state index contributed by atoms with van der Waals surface area (Å²) >= 11 is 0. The lowest BCUT2D eigenvalue weighted by Gasteiger charge is -2.10. The number of ether oxygens (including phenoxy) is 2. The molecule has 0 heterocycles. The Labute approximate surface area is 126 Å². The topological polar surface area (TPSA) is 69.7 Å². The summed E-state index contributed by atoms with van der Waals surface area (Å²) in [6.07, 6.45) is 3.01. The number of esters is 1. The summed E-state index contributed by atoms with van der Waals surface area (Å²) in [6.45, 7) is 0.222. The second-order valence-electron chi connectivity index (χ2n) is 4.80. The summed E-state index contributed by atoms with van der Waals surface area (Å²) in [4.78, 5) is 11.2. The maximum absolute atomic E-state index is 13.8. The lowest BCUT2D eigenvalue weighted by atomic mass is 10.2. The van der Waals surface area contributed by atoms with Crippen molar-refractivity contribution >= 4 is 25.7 Å². The van der Waals surface area contributed by atoms with Gasteiger partial charge in [-0.2, -0.15) is 0 Å². The first kappa shape index (κ1) is 16.0. The second-order valence-corrected chi connectivity index (χ2v) is 7.33. The summed E-state index contributed by atoms with van der Waals surface area (Å²) < 4.78 is 46.3. The molecule has 0 amide bonds. The Bertz CT molecular complexity index is 655. The van der Waals surface area contributed by atoms with Crippen LogP contribution in [0.4, 0.5) is 4.39 Å². The summed E-state index contributed by atoms with van der Waals surface area (Å²) in [5, 5.41) is 0. The largest absolute Gasteiger partial charge is 0.492 e. The summed E-state index contributed by atoms with van der Waals surface area (Å²) in [5.41, 5.74) is -0.219. The van der Waals surface area contributed by atoms with Gasteiger partial charge in [-0.1, -0.05) is 12.8 Å². The molecule has 1 saturated carbocycles. The molecule has 0 bridgehead atoms. The molecule has 0 unspecified atom stereocenters. The van der Waals surface area contributed by atoms with E-state index in [0.29, 0.717) is 5.92 Å². The van der Waals surface area contributed by atoms with E-state index >= 15 is 0 Å². The predicted molar refractivity (Wildman–Crippen MR) is 73.6 cm³/mol. The Morgan fingerprint density at radius 1 is 1.43 bits per heavy atom. The molecule has 8 heteroatoms. The van der Waals surface area contributed by atoms with Gasteiger partial charge in [0.05, 0.1) is 19.3 Å². The molecule has 0 atom stereocenters. The average Bonchev–Trinajstić information content (AvgIpc) is 3.20. The lowest BCUT2D eigenvalue weighted by molar-refractivity contribution is 0.0494. The first-order valence-electron chi connectivity index (χ1n) is 6.32. The van der Waals surface area contributed by atoms with Gasteiger partial charge in [-0.15, -0.1) is 0 Å². The highest BCUT2D eigenvalue weighted by Crippen LogP contribution is 2.33. The van der Waals surface area contributed by atoms with Crippen molar-refractivity contribution in [1.82, 2.24) is 0 Å². The van der Waals surface area contributed by atoms with Crippen LogP contribution >= 0.6 is 10.7 Å². The fraction of sp³-hybridized carbons (Fsp3) is 0.462. The summed E-state index contributed by atoms with van der Waals surface area (Å²) in [5.74, 6) is -1.73. The van der Waals surface area contributed by atoms with Gasteiger partial charge in [-0.05, 0) is 24.5 Å². The Hall–Kier alpha value is -1.34. The summed E-state index contributed by atoms with van der Waals surface area (Å²) in [7, 11) is 2.08. The molecule has 116 valence electrons. The van der Waals surface area contributed by atoms with Gasteiger partial charge in [0.2, 0.25) is 0 Å². The molecule has 1 aliphatic carbocycles. The van der Waals surface area contributed by atoms with E-state index in [-0.39, 0.29) is 12.2 Å². The van der Waals surface area contributed by atoms with Crippen molar-refractivity contribution in [3.63, 3.8) is 0 Å². The van der Waals surface area contributed by atoms with Crippen LogP contribution in [0.1, 0.15) is 29.6 Å². The standard InChI is InChI=1S/C13H14ClFO5S/c1-19-12-10(15)6-9(7-11(12)21(14,17)18)13(16)20-5-4-8-2-3-8/h6-8H,2-5H2,1H3. The number of methoxy groups -OCH3 is 1. The summed E-state index contributed by atoms with van der Waals surface area (Å²) in [6, 6.07) is 1.81. The molecule has 1 aromatic rings. The normalized spacial score (nSPS) is 14.8. The first-order chi connectivity index (χ1) is 9.82. The average molecular weight is 337 g/mol. The number of hydrogen-bond donors (Lipinski definition) is 0. The van der Waals surface area contributed by atoms with E-state index in [1.54, 1.807) is 0 Å². The molecule has 1 aliphatic rings. The second kappa shape index (κ2) is 6.19. The maximum atomic E-state index is 13.8.